The van der Waals surface area contributed by atoms with Crippen molar-refractivity contribution in [3.63, 3.8) is 0 Å². The van der Waals surface area contributed by atoms with Gasteiger partial charge in [-0.05, 0) is 49.8 Å². The van der Waals surface area contributed by atoms with Crippen molar-refractivity contribution in [3.05, 3.63) is 28.7 Å². The molecule has 1 saturated carbocycles. The Morgan fingerprint density at radius 3 is 2.86 bits per heavy atom. The number of benzene rings is 1. The first-order valence-corrected chi connectivity index (χ1v) is 8.69. The zero-order valence-corrected chi connectivity index (χ0v) is 14.6. The minimum absolute atomic E-state index is 0.0221. The van der Waals surface area contributed by atoms with Crippen molar-refractivity contribution in [3.8, 4) is 5.75 Å². The van der Waals surface area contributed by atoms with E-state index in [4.69, 9.17) is 4.74 Å². The van der Waals surface area contributed by atoms with Crippen LogP contribution in [0.5, 0.6) is 5.75 Å². The van der Waals surface area contributed by atoms with Gasteiger partial charge in [-0.2, -0.15) is 5.10 Å². The van der Waals surface area contributed by atoms with Crippen LogP contribution < -0.4 is 10.2 Å². The Morgan fingerprint density at radius 1 is 1.41 bits per heavy atom. The molecule has 0 spiro atoms. The van der Waals surface area contributed by atoms with E-state index in [0.29, 0.717) is 5.75 Å². The molecule has 1 N–H and O–H groups in total. The van der Waals surface area contributed by atoms with E-state index in [0.717, 1.165) is 28.9 Å². The lowest BCUT2D eigenvalue weighted by atomic mass is 9.85. The Balaban J connectivity index is 1.70. The molecule has 1 aromatic carbocycles. The van der Waals surface area contributed by atoms with E-state index >= 15 is 0 Å². The Morgan fingerprint density at radius 2 is 2.18 bits per heavy atom. The van der Waals surface area contributed by atoms with Crippen LogP contribution in [0.1, 0.15) is 45.4 Å². The van der Waals surface area contributed by atoms with Gasteiger partial charge >= 0.3 is 0 Å². The normalized spacial score (nSPS) is 17.9. The van der Waals surface area contributed by atoms with Crippen molar-refractivity contribution in [2.75, 3.05) is 6.61 Å². The second-order valence-corrected chi connectivity index (χ2v) is 6.61. The summed E-state index contributed by atoms with van der Waals surface area (Å²) in [5.41, 5.74) is 3.70. The Labute approximate surface area is 140 Å². The van der Waals surface area contributed by atoms with Crippen LogP contribution in [0.2, 0.25) is 0 Å². The van der Waals surface area contributed by atoms with Crippen LogP contribution in [0.25, 0.3) is 0 Å². The largest absolute Gasteiger partial charge is 0.484 e. The molecule has 5 heteroatoms. The highest BCUT2D eigenvalue weighted by Gasteiger charge is 2.17. The first-order chi connectivity index (χ1) is 10.7. The molecule has 1 fully saturated rings. The summed E-state index contributed by atoms with van der Waals surface area (Å²) in [6, 6.07) is 7.42. The maximum absolute atomic E-state index is 11.8. The monoisotopic (exact) mass is 366 g/mol. The van der Waals surface area contributed by atoms with E-state index in [-0.39, 0.29) is 12.5 Å². The predicted molar refractivity (Wildman–Crippen MR) is 92.1 cm³/mol. The lowest BCUT2D eigenvalue weighted by Crippen LogP contribution is -2.26. The van der Waals surface area contributed by atoms with Crippen LogP contribution in [0.4, 0.5) is 0 Å². The number of hydrazone groups is 1. The summed E-state index contributed by atoms with van der Waals surface area (Å²) in [4.78, 5) is 11.8. The molecule has 2 rings (SSSR count). The standard InChI is InChI=1S/C17H23BrN2O2/c1-2-4-13-7-9-15(10-8-13)19-20-17(21)12-22-16-6-3-5-14(18)11-16/h3,5-6,11,13H,2,4,7-10,12H2,1H3,(H,20,21). The topological polar surface area (TPSA) is 50.7 Å². The predicted octanol–water partition coefficient (Wildman–Crippen LogP) is 4.29. The number of amides is 1. The average Bonchev–Trinajstić information content (AvgIpc) is 2.53. The molecule has 0 unspecified atom stereocenters. The van der Waals surface area contributed by atoms with Crippen LogP contribution in [0.15, 0.2) is 33.8 Å². The van der Waals surface area contributed by atoms with Gasteiger partial charge in [0.05, 0.1) is 0 Å². The second kappa shape index (κ2) is 8.93. The number of halogens is 1. The Hall–Kier alpha value is -1.36. The number of carbonyl (C=O) groups excluding carboxylic acids is 1. The molecule has 4 nitrogen and oxygen atoms in total. The van der Waals surface area contributed by atoms with E-state index in [2.05, 4.69) is 33.4 Å². The highest BCUT2D eigenvalue weighted by atomic mass is 79.9. The average molecular weight is 367 g/mol. The second-order valence-electron chi connectivity index (χ2n) is 5.69. The number of rotatable bonds is 6. The van der Waals surface area contributed by atoms with Crippen molar-refractivity contribution in [1.82, 2.24) is 5.43 Å². The first kappa shape index (κ1) is 17.0. The minimum Gasteiger partial charge on any atom is -0.484 e. The highest BCUT2D eigenvalue weighted by molar-refractivity contribution is 9.10. The molecule has 22 heavy (non-hydrogen) atoms. The van der Waals surface area contributed by atoms with Crippen LogP contribution >= 0.6 is 15.9 Å². The van der Waals surface area contributed by atoms with E-state index in [1.165, 1.54) is 25.7 Å². The molecule has 1 aliphatic rings. The molecule has 1 aromatic rings. The molecule has 0 radical (unpaired) electrons. The zero-order chi connectivity index (χ0) is 15.8. The van der Waals surface area contributed by atoms with E-state index < -0.39 is 0 Å². The maximum Gasteiger partial charge on any atom is 0.277 e. The van der Waals surface area contributed by atoms with Crippen molar-refractivity contribution in [2.45, 2.75) is 45.4 Å². The highest BCUT2D eigenvalue weighted by Crippen LogP contribution is 2.25. The van der Waals surface area contributed by atoms with E-state index in [9.17, 15) is 4.79 Å². The van der Waals surface area contributed by atoms with Crippen molar-refractivity contribution < 1.29 is 9.53 Å². The van der Waals surface area contributed by atoms with Gasteiger partial charge in [-0.25, -0.2) is 5.43 Å². The number of hydrogen-bond acceptors (Lipinski definition) is 3. The molecule has 0 bridgehead atoms. The molecule has 0 aromatic heterocycles. The van der Waals surface area contributed by atoms with Crippen molar-refractivity contribution in [1.29, 1.82) is 0 Å². The first-order valence-electron chi connectivity index (χ1n) is 7.90. The third-order valence-corrected chi connectivity index (χ3v) is 4.38. The summed E-state index contributed by atoms with van der Waals surface area (Å²) >= 11 is 3.37. The molecule has 1 amide bonds. The minimum atomic E-state index is -0.219. The van der Waals surface area contributed by atoms with E-state index in [1.807, 2.05) is 24.3 Å². The summed E-state index contributed by atoms with van der Waals surface area (Å²) < 4.78 is 6.35. The molecular weight excluding hydrogens is 344 g/mol. The van der Waals surface area contributed by atoms with Gasteiger partial charge in [0.15, 0.2) is 6.61 Å². The molecular formula is C17H23BrN2O2. The summed E-state index contributed by atoms with van der Waals surface area (Å²) in [6.45, 7) is 2.21. The molecule has 120 valence electrons. The summed E-state index contributed by atoms with van der Waals surface area (Å²) in [5, 5.41) is 4.24. The van der Waals surface area contributed by atoms with Gasteiger partial charge < -0.3 is 4.74 Å². The number of carbonyl (C=O) groups is 1. The fourth-order valence-electron chi connectivity index (χ4n) is 2.70. The van der Waals surface area contributed by atoms with Crippen LogP contribution in [0.3, 0.4) is 0 Å². The smallest absolute Gasteiger partial charge is 0.277 e. The van der Waals surface area contributed by atoms with Gasteiger partial charge in [-0.1, -0.05) is 41.8 Å². The van der Waals surface area contributed by atoms with Crippen molar-refractivity contribution >= 4 is 27.5 Å². The summed E-state index contributed by atoms with van der Waals surface area (Å²) in [7, 11) is 0. The Bertz CT molecular complexity index is 521. The van der Waals surface area contributed by atoms with E-state index in [1.54, 1.807) is 0 Å². The summed E-state index contributed by atoms with van der Waals surface area (Å²) in [6.07, 6.45) is 6.93. The SMILES string of the molecule is CCCC1CCC(=NNC(=O)COc2cccc(Br)c2)CC1. The third kappa shape index (κ3) is 5.79. The molecule has 1 aliphatic carbocycles. The maximum atomic E-state index is 11.8. The van der Waals surface area contributed by atoms with Gasteiger partial charge in [-0.15, -0.1) is 0 Å². The number of nitrogens with zero attached hydrogens (tertiary/aromatic N) is 1. The van der Waals surface area contributed by atoms with Gasteiger partial charge in [0, 0.05) is 10.2 Å². The quantitative estimate of drug-likeness (QED) is 0.763. The third-order valence-electron chi connectivity index (χ3n) is 3.88. The number of ether oxygens (including phenoxy) is 1. The fraction of sp³-hybridized carbons (Fsp3) is 0.529. The molecule has 0 atom stereocenters. The lowest BCUT2D eigenvalue weighted by Gasteiger charge is -2.22. The van der Waals surface area contributed by atoms with Crippen LogP contribution in [-0.4, -0.2) is 18.2 Å². The van der Waals surface area contributed by atoms with Gasteiger partial charge in [0.2, 0.25) is 0 Å². The van der Waals surface area contributed by atoms with Gasteiger partial charge in [0.25, 0.3) is 5.91 Å². The summed E-state index contributed by atoms with van der Waals surface area (Å²) in [5.74, 6) is 1.28. The van der Waals surface area contributed by atoms with Gasteiger partial charge in [-0.3, -0.25) is 4.79 Å². The number of nitrogens with one attached hydrogen (secondary N) is 1. The van der Waals surface area contributed by atoms with Crippen LogP contribution in [0, 0.1) is 5.92 Å². The fourth-order valence-corrected chi connectivity index (χ4v) is 3.08. The van der Waals surface area contributed by atoms with Crippen LogP contribution in [-0.2, 0) is 4.79 Å². The van der Waals surface area contributed by atoms with Crippen molar-refractivity contribution in [2.24, 2.45) is 11.0 Å². The zero-order valence-electron chi connectivity index (χ0n) is 13.0. The Kier molecular flexibility index (Phi) is 6.90. The molecule has 0 heterocycles. The number of hydrogen-bond donors (Lipinski definition) is 1. The van der Waals surface area contributed by atoms with Gasteiger partial charge in [0.1, 0.15) is 5.75 Å². The molecule has 0 aliphatic heterocycles. The molecule has 0 saturated heterocycles. The lowest BCUT2D eigenvalue weighted by molar-refractivity contribution is -0.123.